The Morgan fingerprint density at radius 1 is 1.32 bits per heavy atom. The second-order valence-electron chi connectivity index (χ2n) is 5.78. The third kappa shape index (κ3) is 2.92. The van der Waals surface area contributed by atoms with Gasteiger partial charge in [0, 0.05) is 6.04 Å². The smallest absolute Gasteiger partial charge is 0.373 e. The molecule has 0 saturated carbocycles. The summed E-state index contributed by atoms with van der Waals surface area (Å²) in [6.07, 6.45) is 3.52. The molecule has 1 heterocycles. The molecule has 0 spiro atoms. The van der Waals surface area contributed by atoms with Crippen LogP contribution in [0, 0.1) is 0 Å². The number of furan rings is 1. The summed E-state index contributed by atoms with van der Waals surface area (Å²) in [6, 6.07) is 12.6. The standard InChI is InChI=1S/C18H21NO3/c1-19(12-14-10-11-17(22-14)18(20)21-2)16-9-5-7-13-6-3-4-8-15(13)16/h3-4,6,8,10-11,16H,5,7,9,12H2,1-2H3. The van der Waals surface area contributed by atoms with E-state index in [4.69, 9.17) is 4.42 Å². The normalized spacial score (nSPS) is 17.3. The van der Waals surface area contributed by atoms with E-state index in [1.807, 2.05) is 6.07 Å². The number of nitrogens with zero attached hydrogens (tertiary/aromatic N) is 1. The second kappa shape index (κ2) is 6.36. The molecule has 1 aliphatic carbocycles. The van der Waals surface area contributed by atoms with E-state index in [9.17, 15) is 4.79 Å². The Hall–Kier alpha value is -2.07. The topological polar surface area (TPSA) is 42.7 Å². The highest BCUT2D eigenvalue weighted by Gasteiger charge is 2.24. The highest BCUT2D eigenvalue weighted by Crippen LogP contribution is 2.34. The lowest BCUT2D eigenvalue weighted by atomic mass is 9.87. The van der Waals surface area contributed by atoms with Gasteiger partial charge in [-0.1, -0.05) is 24.3 Å². The van der Waals surface area contributed by atoms with E-state index in [2.05, 4.69) is 40.9 Å². The van der Waals surface area contributed by atoms with Crippen molar-refractivity contribution in [1.29, 1.82) is 0 Å². The number of esters is 1. The first kappa shape index (κ1) is 14.9. The Labute approximate surface area is 130 Å². The molecule has 1 aromatic heterocycles. The van der Waals surface area contributed by atoms with Crippen molar-refractivity contribution in [3.05, 3.63) is 59.0 Å². The Bertz CT molecular complexity index is 662. The molecule has 0 saturated heterocycles. The molecular weight excluding hydrogens is 278 g/mol. The number of rotatable bonds is 4. The molecule has 1 unspecified atom stereocenters. The minimum atomic E-state index is -0.433. The number of carbonyl (C=O) groups is 1. The molecule has 1 atom stereocenters. The lowest BCUT2D eigenvalue weighted by Gasteiger charge is -2.32. The molecule has 4 nitrogen and oxygen atoms in total. The van der Waals surface area contributed by atoms with Crippen molar-refractivity contribution < 1.29 is 13.9 Å². The Morgan fingerprint density at radius 2 is 2.14 bits per heavy atom. The van der Waals surface area contributed by atoms with Crippen molar-refractivity contribution in [3.8, 4) is 0 Å². The average molecular weight is 299 g/mol. The van der Waals surface area contributed by atoms with Crippen molar-refractivity contribution in [3.63, 3.8) is 0 Å². The number of fused-ring (bicyclic) bond motifs is 1. The van der Waals surface area contributed by atoms with Crippen LogP contribution < -0.4 is 0 Å². The molecule has 22 heavy (non-hydrogen) atoms. The summed E-state index contributed by atoms with van der Waals surface area (Å²) < 4.78 is 10.2. The fourth-order valence-corrected chi connectivity index (χ4v) is 3.22. The van der Waals surface area contributed by atoms with E-state index in [1.165, 1.54) is 24.7 Å². The Morgan fingerprint density at radius 3 is 2.95 bits per heavy atom. The van der Waals surface area contributed by atoms with Crippen LogP contribution in [-0.4, -0.2) is 25.0 Å². The molecule has 2 aromatic rings. The van der Waals surface area contributed by atoms with Crippen molar-refractivity contribution in [2.45, 2.75) is 31.8 Å². The molecule has 4 heteroatoms. The van der Waals surface area contributed by atoms with Crippen molar-refractivity contribution in [1.82, 2.24) is 4.90 Å². The first-order chi connectivity index (χ1) is 10.7. The predicted molar refractivity (Wildman–Crippen MR) is 83.6 cm³/mol. The lowest BCUT2D eigenvalue weighted by Crippen LogP contribution is -2.27. The summed E-state index contributed by atoms with van der Waals surface area (Å²) in [5.41, 5.74) is 2.86. The van der Waals surface area contributed by atoms with E-state index < -0.39 is 5.97 Å². The number of methoxy groups -OCH3 is 1. The minimum Gasteiger partial charge on any atom is -0.463 e. The summed E-state index contributed by atoms with van der Waals surface area (Å²) in [7, 11) is 3.46. The van der Waals surface area contributed by atoms with Gasteiger partial charge in [-0.2, -0.15) is 0 Å². The fraction of sp³-hybridized carbons (Fsp3) is 0.389. The van der Waals surface area contributed by atoms with Crippen molar-refractivity contribution >= 4 is 5.97 Å². The quantitative estimate of drug-likeness (QED) is 0.809. The SMILES string of the molecule is COC(=O)c1ccc(CN(C)C2CCCc3ccccc32)o1. The zero-order chi connectivity index (χ0) is 15.5. The zero-order valence-corrected chi connectivity index (χ0v) is 13.0. The molecule has 0 radical (unpaired) electrons. The largest absolute Gasteiger partial charge is 0.463 e. The average Bonchev–Trinajstić information content (AvgIpc) is 3.02. The van der Waals surface area contributed by atoms with E-state index in [1.54, 1.807) is 6.07 Å². The number of ether oxygens (including phenoxy) is 1. The monoisotopic (exact) mass is 299 g/mol. The summed E-state index contributed by atoms with van der Waals surface area (Å²) in [6.45, 7) is 0.677. The summed E-state index contributed by atoms with van der Waals surface area (Å²) in [5, 5.41) is 0. The van der Waals surface area contributed by atoms with Crippen LogP contribution in [0.15, 0.2) is 40.8 Å². The Kier molecular flexibility index (Phi) is 4.29. The van der Waals surface area contributed by atoms with Crippen LogP contribution in [0.5, 0.6) is 0 Å². The van der Waals surface area contributed by atoms with Gasteiger partial charge < -0.3 is 9.15 Å². The van der Waals surface area contributed by atoms with Crippen LogP contribution in [0.3, 0.4) is 0 Å². The van der Waals surface area contributed by atoms with Crippen LogP contribution in [0.4, 0.5) is 0 Å². The number of aryl methyl sites for hydroxylation is 1. The number of hydrogen-bond acceptors (Lipinski definition) is 4. The van der Waals surface area contributed by atoms with Crippen LogP contribution in [0.25, 0.3) is 0 Å². The molecule has 1 aliphatic rings. The van der Waals surface area contributed by atoms with E-state index >= 15 is 0 Å². The van der Waals surface area contributed by atoms with Gasteiger partial charge in [-0.15, -0.1) is 0 Å². The van der Waals surface area contributed by atoms with Crippen LogP contribution in [-0.2, 0) is 17.7 Å². The minimum absolute atomic E-state index is 0.259. The third-order valence-electron chi connectivity index (χ3n) is 4.32. The molecule has 116 valence electrons. The van der Waals surface area contributed by atoms with Gasteiger partial charge in [0.15, 0.2) is 0 Å². The number of hydrogen-bond donors (Lipinski definition) is 0. The lowest BCUT2D eigenvalue weighted by molar-refractivity contribution is 0.0560. The van der Waals surface area contributed by atoms with Gasteiger partial charge >= 0.3 is 5.97 Å². The first-order valence-electron chi connectivity index (χ1n) is 7.64. The summed E-state index contributed by atoms with van der Waals surface area (Å²) in [5.74, 6) is 0.609. The van der Waals surface area contributed by atoms with Gasteiger partial charge in [-0.05, 0) is 49.6 Å². The highest BCUT2D eigenvalue weighted by atomic mass is 16.5. The molecule has 3 rings (SSSR count). The maximum Gasteiger partial charge on any atom is 0.373 e. The highest BCUT2D eigenvalue weighted by molar-refractivity contribution is 5.86. The van der Waals surface area contributed by atoms with Gasteiger partial charge in [0.2, 0.25) is 5.76 Å². The number of carbonyl (C=O) groups excluding carboxylic acids is 1. The van der Waals surface area contributed by atoms with Crippen molar-refractivity contribution in [2.75, 3.05) is 14.2 Å². The maximum atomic E-state index is 11.4. The van der Waals surface area contributed by atoms with Gasteiger partial charge in [-0.3, -0.25) is 4.90 Å². The fourth-order valence-electron chi connectivity index (χ4n) is 3.22. The van der Waals surface area contributed by atoms with Crippen molar-refractivity contribution in [2.24, 2.45) is 0 Å². The van der Waals surface area contributed by atoms with Gasteiger partial charge in [0.25, 0.3) is 0 Å². The maximum absolute atomic E-state index is 11.4. The summed E-state index contributed by atoms with van der Waals surface area (Å²) >= 11 is 0. The third-order valence-corrected chi connectivity index (χ3v) is 4.32. The van der Waals surface area contributed by atoms with Crippen LogP contribution >= 0.6 is 0 Å². The first-order valence-corrected chi connectivity index (χ1v) is 7.64. The molecule has 0 N–H and O–H groups in total. The van der Waals surface area contributed by atoms with Gasteiger partial charge in [0.05, 0.1) is 13.7 Å². The van der Waals surface area contributed by atoms with Gasteiger partial charge in [-0.25, -0.2) is 4.79 Å². The number of benzene rings is 1. The molecule has 1 aromatic carbocycles. The zero-order valence-electron chi connectivity index (χ0n) is 13.0. The second-order valence-corrected chi connectivity index (χ2v) is 5.78. The molecular formula is C18H21NO3. The summed E-state index contributed by atoms with van der Waals surface area (Å²) in [4.78, 5) is 13.7. The molecule has 0 bridgehead atoms. The predicted octanol–water partition coefficient (Wildman–Crippen LogP) is 3.58. The molecule has 0 fully saturated rings. The molecule has 0 amide bonds. The Balaban J connectivity index is 1.74. The van der Waals surface area contributed by atoms with Crippen LogP contribution in [0.2, 0.25) is 0 Å². The van der Waals surface area contributed by atoms with E-state index in [-0.39, 0.29) is 5.76 Å². The van der Waals surface area contributed by atoms with E-state index in [0.717, 1.165) is 18.6 Å². The van der Waals surface area contributed by atoms with Crippen LogP contribution in [0.1, 0.15) is 46.3 Å². The molecule has 0 aliphatic heterocycles. The van der Waals surface area contributed by atoms with Gasteiger partial charge in [0.1, 0.15) is 5.76 Å². The van der Waals surface area contributed by atoms with E-state index in [0.29, 0.717) is 12.6 Å².